The van der Waals surface area contributed by atoms with Crippen LogP contribution in [0.5, 0.6) is 0 Å². The average Bonchev–Trinajstić information content (AvgIpc) is 3.05. The first-order valence-electron chi connectivity index (χ1n) is 10.7. The van der Waals surface area contributed by atoms with Gasteiger partial charge in [0.05, 0.1) is 10.9 Å². The van der Waals surface area contributed by atoms with Gasteiger partial charge in [0.25, 0.3) is 5.56 Å². The van der Waals surface area contributed by atoms with Gasteiger partial charge in [0.15, 0.2) is 0 Å². The Morgan fingerprint density at radius 3 is 2.79 bits per heavy atom. The lowest BCUT2D eigenvalue weighted by Crippen LogP contribution is -2.34. The molecular weight excluding hydrogens is 386 g/mol. The van der Waals surface area contributed by atoms with Gasteiger partial charge in [0.2, 0.25) is 0 Å². The highest BCUT2D eigenvalue weighted by molar-refractivity contribution is 7.87. The van der Waals surface area contributed by atoms with E-state index >= 15 is 0 Å². The van der Waals surface area contributed by atoms with Gasteiger partial charge in [0.1, 0.15) is 5.82 Å². The molecule has 3 heterocycles. The summed E-state index contributed by atoms with van der Waals surface area (Å²) >= 11 is 0. The summed E-state index contributed by atoms with van der Waals surface area (Å²) in [6.07, 6.45) is 4.67. The predicted octanol–water partition coefficient (Wildman–Crippen LogP) is 4.06. The fourth-order valence-electron chi connectivity index (χ4n) is 4.66. The Labute approximate surface area is 174 Å². The molecule has 0 saturated carbocycles. The van der Waals surface area contributed by atoms with Crippen molar-refractivity contribution in [1.29, 1.82) is 0 Å². The lowest BCUT2D eigenvalue weighted by molar-refractivity contribution is 0.0492. The van der Waals surface area contributed by atoms with Crippen LogP contribution in [0, 0.1) is 6.92 Å². The smallest absolute Gasteiger partial charge is 0.261 e. The van der Waals surface area contributed by atoms with E-state index in [1.165, 1.54) is 0 Å². The van der Waals surface area contributed by atoms with E-state index in [0.717, 1.165) is 74.3 Å². The van der Waals surface area contributed by atoms with E-state index in [2.05, 4.69) is 11.6 Å². The summed E-state index contributed by atoms with van der Waals surface area (Å²) in [6, 6.07) is 3.71. The molecule has 1 aromatic heterocycles. The molecule has 2 aliphatic rings. The van der Waals surface area contributed by atoms with Crippen molar-refractivity contribution in [2.45, 2.75) is 70.9 Å². The van der Waals surface area contributed by atoms with E-state index in [4.69, 9.17) is 9.72 Å². The molecule has 2 atom stereocenters. The van der Waals surface area contributed by atoms with Gasteiger partial charge in [-0.2, -0.15) is 0 Å². The first kappa shape index (κ1) is 20.7. The summed E-state index contributed by atoms with van der Waals surface area (Å²) in [5, 5.41) is 0.647. The molecule has 0 N–H and O–H groups in total. The van der Waals surface area contributed by atoms with E-state index in [0.29, 0.717) is 11.1 Å². The molecule has 0 radical (unpaired) electrons. The van der Waals surface area contributed by atoms with E-state index in [1.54, 1.807) is 0 Å². The number of aryl methyl sites for hydroxylation is 1. The van der Waals surface area contributed by atoms with Crippen LogP contribution >= 0.6 is 0 Å². The van der Waals surface area contributed by atoms with Crippen LogP contribution in [0.2, 0.25) is 0 Å². The Balaban J connectivity index is 1.80. The van der Waals surface area contributed by atoms with Crippen LogP contribution in [0.4, 0.5) is 0 Å². The minimum atomic E-state index is -1.22. The minimum absolute atomic E-state index is 0.0395. The molecule has 158 valence electrons. The number of hydrogen-bond donors (Lipinski definition) is 0. The fourth-order valence-corrected chi connectivity index (χ4v) is 5.77. The van der Waals surface area contributed by atoms with E-state index in [9.17, 15) is 9.00 Å². The topological polar surface area (TPSA) is 75.3 Å². The molecule has 1 fully saturated rings. The number of ether oxygens (including phenoxy) is 1. The van der Waals surface area contributed by atoms with Crippen LogP contribution < -0.4 is 5.56 Å². The maximum atomic E-state index is 13.3. The molecule has 0 amide bonds. The second-order valence-electron chi connectivity index (χ2n) is 8.45. The zero-order valence-electron chi connectivity index (χ0n) is 17.6. The molecule has 0 bridgehead atoms. The number of hydrogen-bond acceptors (Lipinski definition) is 4. The van der Waals surface area contributed by atoms with Gasteiger partial charge < -0.3 is 9.46 Å². The monoisotopic (exact) mass is 416 g/mol. The molecule has 2 aliphatic heterocycles. The Bertz CT molecular complexity index is 995. The van der Waals surface area contributed by atoms with E-state index < -0.39 is 11.0 Å². The molecule has 1 aromatic carbocycles. The number of aromatic nitrogens is 2. The molecule has 1 spiro atoms. The van der Waals surface area contributed by atoms with Gasteiger partial charge in [-0.3, -0.25) is 13.6 Å². The van der Waals surface area contributed by atoms with Crippen molar-refractivity contribution in [3.8, 4) is 0 Å². The summed E-state index contributed by atoms with van der Waals surface area (Å²) in [6.45, 7) is 8.18. The zero-order chi connectivity index (χ0) is 20.6. The molecule has 7 heteroatoms. The molecule has 1 saturated heterocycles. The van der Waals surface area contributed by atoms with Crippen LogP contribution in [0.3, 0.4) is 0 Å². The van der Waals surface area contributed by atoms with Crippen molar-refractivity contribution in [1.82, 2.24) is 9.55 Å². The van der Waals surface area contributed by atoms with E-state index in [1.807, 2.05) is 30.5 Å². The molecule has 2 aromatic rings. The van der Waals surface area contributed by atoms with Crippen LogP contribution in [0.15, 0.2) is 16.9 Å². The maximum Gasteiger partial charge on any atom is 0.261 e. The zero-order valence-corrected chi connectivity index (χ0v) is 18.4. The predicted molar refractivity (Wildman–Crippen MR) is 117 cm³/mol. The summed E-state index contributed by atoms with van der Waals surface area (Å²) < 4.78 is 24.3. The molecule has 1 unspecified atom stereocenters. The van der Waals surface area contributed by atoms with Crippen molar-refractivity contribution in [3.05, 3.63) is 44.2 Å². The summed E-state index contributed by atoms with van der Waals surface area (Å²) in [5.41, 5.74) is 2.62. The second kappa shape index (κ2) is 8.28. The number of nitrogens with zero attached hydrogens (tertiary/aromatic N) is 3. The number of fused-ring (bicyclic) bond motifs is 3. The first-order chi connectivity index (χ1) is 13.9. The highest BCUT2D eigenvalue weighted by atomic mass is 32.2. The Morgan fingerprint density at radius 2 is 2.07 bits per heavy atom. The third-order valence-corrected chi connectivity index (χ3v) is 7.56. The maximum absolute atomic E-state index is 13.3. The molecular formula is C22H30N3O3S-. The van der Waals surface area contributed by atoms with Crippen molar-refractivity contribution >= 4 is 21.9 Å². The first-order valence-corrected chi connectivity index (χ1v) is 12.0. The van der Waals surface area contributed by atoms with Gasteiger partial charge >= 0.3 is 0 Å². The van der Waals surface area contributed by atoms with Gasteiger partial charge in [-0.05, 0) is 49.8 Å². The minimum Gasteiger partial charge on any atom is -0.570 e. The van der Waals surface area contributed by atoms with Crippen LogP contribution in [0.25, 0.3) is 15.6 Å². The molecule has 29 heavy (non-hydrogen) atoms. The summed E-state index contributed by atoms with van der Waals surface area (Å²) in [4.78, 5) is 18.4. The van der Waals surface area contributed by atoms with Crippen molar-refractivity contribution in [2.75, 3.05) is 19.0 Å². The second-order valence-corrected chi connectivity index (χ2v) is 9.71. The SMILES string of the molecule is CCCCS(=O)[N-][C@H](C)c1cc(C)cc2c(=O)n3c(nc12)C1(CCOCC1)CC3. The largest absolute Gasteiger partial charge is 0.570 e. The van der Waals surface area contributed by atoms with Gasteiger partial charge in [-0.25, -0.2) is 4.98 Å². The lowest BCUT2D eigenvalue weighted by Gasteiger charge is -2.33. The summed E-state index contributed by atoms with van der Waals surface area (Å²) in [5.74, 6) is 1.49. The number of benzene rings is 1. The van der Waals surface area contributed by atoms with Gasteiger partial charge in [-0.15, -0.1) is 6.04 Å². The van der Waals surface area contributed by atoms with Crippen molar-refractivity contribution in [3.63, 3.8) is 0 Å². The number of rotatable bonds is 6. The Kier molecular flexibility index (Phi) is 5.91. The third-order valence-electron chi connectivity index (χ3n) is 6.37. The number of unbranched alkanes of at least 4 members (excludes halogenated alkanes) is 1. The van der Waals surface area contributed by atoms with Crippen molar-refractivity contribution in [2.24, 2.45) is 0 Å². The van der Waals surface area contributed by atoms with Gasteiger partial charge in [0, 0.05) is 30.9 Å². The van der Waals surface area contributed by atoms with Gasteiger partial charge in [-0.1, -0.05) is 37.3 Å². The highest BCUT2D eigenvalue weighted by Crippen LogP contribution is 2.42. The van der Waals surface area contributed by atoms with Crippen LogP contribution in [0.1, 0.15) is 68.9 Å². The Hall–Kier alpha value is -1.57. The average molecular weight is 417 g/mol. The molecule has 0 aliphatic carbocycles. The third kappa shape index (κ3) is 3.80. The highest BCUT2D eigenvalue weighted by Gasteiger charge is 2.42. The van der Waals surface area contributed by atoms with Crippen LogP contribution in [-0.4, -0.2) is 32.7 Å². The van der Waals surface area contributed by atoms with E-state index in [-0.39, 0.29) is 17.0 Å². The quantitative estimate of drug-likeness (QED) is 0.712. The van der Waals surface area contributed by atoms with Crippen LogP contribution in [-0.2, 0) is 27.7 Å². The Morgan fingerprint density at radius 1 is 1.31 bits per heavy atom. The normalized spacial score (nSPS) is 20.1. The standard InChI is InChI=1S/C22H30N3O3S/c1-4-5-12-29(27)24-16(3)17-13-15(2)14-18-19(17)23-21-22(7-10-28-11-8-22)6-9-25(21)20(18)26/h13-14,16H,4-12H2,1-3H3/q-1/t16-,29?/m1/s1. The molecule has 4 rings (SSSR count). The lowest BCUT2D eigenvalue weighted by atomic mass is 9.78. The van der Waals surface area contributed by atoms with Crippen molar-refractivity contribution < 1.29 is 8.95 Å². The summed E-state index contributed by atoms with van der Waals surface area (Å²) in [7, 11) is -1.22. The fraction of sp³-hybridized carbons (Fsp3) is 0.636. The molecule has 6 nitrogen and oxygen atoms in total.